The Labute approximate surface area is 215 Å². The monoisotopic (exact) mass is 551 g/mol. The number of hydrazone groups is 1. The molecule has 4 rings (SSSR count). The van der Waals surface area contributed by atoms with Gasteiger partial charge in [0.15, 0.2) is 22.5 Å². The second-order valence-corrected chi connectivity index (χ2v) is 9.08. The summed E-state index contributed by atoms with van der Waals surface area (Å²) in [5.74, 6) is 0.905. The predicted octanol–water partition coefficient (Wildman–Crippen LogP) is 5.04. The number of rotatable bonds is 9. The van der Waals surface area contributed by atoms with Crippen molar-refractivity contribution in [1.29, 1.82) is 0 Å². The predicted molar refractivity (Wildman–Crippen MR) is 140 cm³/mol. The van der Waals surface area contributed by atoms with Crippen LogP contribution in [-0.2, 0) is 4.79 Å². The standard InChI is InChI=1S/C25H22BrN5O3S/c1-2-34-22-14-17(8-13-21(22)32)15-27-28-23(33)16-35-25-30-29-24(18-6-4-3-5-7-18)31(25)20-11-9-19(26)10-12-20/h3-15,32H,2,16H2,1H3,(H,28,33)/b27-15+. The minimum atomic E-state index is -0.290. The Morgan fingerprint density at radius 1 is 1.14 bits per heavy atom. The van der Waals surface area contributed by atoms with Gasteiger partial charge in [0.05, 0.1) is 18.6 Å². The van der Waals surface area contributed by atoms with Gasteiger partial charge in [-0.15, -0.1) is 10.2 Å². The number of amides is 1. The number of hydrogen-bond acceptors (Lipinski definition) is 7. The van der Waals surface area contributed by atoms with Crippen molar-refractivity contribution in [3.05, 3.63) is 82.8 Å². The number of aromatic nitrogens is 3. The van der Waals surface area contributed by atoms with Crippen molar-refractivity contribution in [1.82, 2.24) is 20.2 Å². The summed E-state index contributed by atoms with van der Waals surface area (Å²) in [4.78, 5) is 12.4. The Bertz CT molecular complexity index is 1330. The van der Waals surface area contributed by atoms with E-state index in [1.54, 1.807) is 12.1 Å². The molecule has 8 nitrogen and oxygen atoms in total. The zero-order chi connectivity index (χ0) is 24.6. The number of phenolic OH excluding ortho intramolecular Hbond substituents is 1. The smallest absolute Gasteiger partial charge is 0.250 e. The summed E-state index contributed by atoms with van der Waals surface area (Å²) in [7, 11) is 0. The molecular weight excluding hydrogens is 530 g/mol. The van der Waals surface area contributed by atoms with Crippen LogP contribution < -0.4 is 10.2 Å². The quantitative estimate of drug-likeness (QED) is 0.171. The number of nitrogens with one attached hydrogen (secondary N) is 1. The molecule has 0 atom stereocenters. The van der Waals surface area contributed by atoms with E-state index in [0.29, 0.717) is 28.9 Å². The van der Waals surface area contributed by atoms with Gasteiger partial charge in [-0.05, 0) is 55.0 Å². The van der Waals surface area contributed by atoms with Crippen molar-refractivity contribution in [2.24, 2.45) is 5.10 Å². The third-order valence-electron chi connectivity index (χ3n) is 4.77. The fourth-order valence-corrected chi connectivity index (χ4v) is 4.19. The van der Waals surface area contributed by atoms with Crippen molar-refractivity contribution in [3.63, 3.8) is 0 Å². The molecule has 0 aliphatic heterocycles. The molecule has 0 aliphatic carbocycles. The largest absolute Gasteiger partial charge is 0.504 e. The van der Waals surface area contributed by atoms with E-state index >= 15 is 0 Å². The average molecular weight is 552 g/mol. The van der Waals surface area contributed by atoms with Crippen molar-refractivity contribution >= 4 is 39.8 Å². The first-order valence-corrected chi connectivity index (χ1v) is 12.5. The van der Waals surface area contributed by atoms with E-state index in [4.69, 9.17) is 4.74 Å². The number of aromatic hydroxyl groups is 1. The lowest BCUT2D eigenvalue weighted by atomic mass is 10.2. The molecule has 35 heavy (non-hydrogen) atoms. The summed E-state index contributed by atoms with van der Waals surface area (Å²) >= 11 is 4.73. The number of phenols is 1. The van der Waals surface area contributed by atoms with Crippen LogP contribution in [-0.4, -0.2) is 44.4 Å². The van der Waals surface area contributed by atoms with Gasteiger partial charge >= 0.3 is 0 Å². The molecule has 0 bridgehead atoms. The van der Waals surface area contributed by atoms with E-state index in [1.807, 2.05) is 66.1 Å². The fraction of sp³-hybridized carbons (Fsp3) is 0.120. The van der Waals surface area contributed by atoms with Gasteiger partial charge in [0.25, 0.3) is 5.91 Å². The topological polar surface area (TPSA) is 102 Å². The van der Waals surface area contributed by atoms with Crippen LogP contribution in [0.1, 0.15) is 12.5 Å². The van der Waals surface area contributed by atoms with Crippen molar-refractivity contribution in [2.75, 3.05) is 12.4 Å². The van der Waals surface area contributed by atoms with Crippen LogP contribution in [0.4, 0.5) is 0 Å². The first kappa shape index (κ1) is 24.5. The number of halogens is 1. The molecule has 0 spiro atoms. The first-order chi connectivity index (χ1) is 17.0. The normalized spacial score (nSPS) is 11.0. The lowest BCUT2D eigenvalue weighted by molar-refractivity contribution is -0.118. The highest BCUT2D eigenvalue weighted by Gasteiger charge is 2.17. The van der Waals surface area contributed by atoms with Crippen LogP contribution >= 0.6 is 27.7 Å². The molecule has 1 heterocycles. The van der Waals surface area contributed by atoms with Crippen LogP contribution in [0.25, 0.3) is 17.1 Å². The zero-order valence-electron chi connectivity index (χ0n) is 18.8. The molecule has 10 heteroatoms. The van der Waals surface area contributed by atoms with Crippen molar-refractivity contribution in [3.8, 4) is 28.6 Å². The maximum Gasteiger partial charge on any atom is 0.250 e. The van der Waals surface area contributed by atoms with Crippen molar-refractivity contribution in [2.45, 2.75) is 12.1 Å². The van der Waals surface area contributed by atoms with Gasteiger partial charge in [-0.3, -0.25) is 9.36 Å². The van der Waals surface area contributed by atoms with E-state index in [2.05, 4.69) is 36.7 Å². The highest BCUT2D eigenvalue weighted by molar-refractivity contribution is 9.10. The Hall–Kier alpha value is -3.63. The summed E-state index contributed by atoms with van der Waals surface area (Å²) in [5, 5.41) is 23.1. The fourth-order valence-electron chi connectivity index (χ4n) is 3.18. The third-order valence-corrected chi connectivity index (χ3v) is 6.23. The average Bonchev–Trinajstić information content (AvgIpc) is 3.30. The van der Waals surface area contributed by atoms with E-state index < -0.39 is 0 Å². The minimum absolute atomic E-state index is 0.0502. The molecule has 4 aromatic rings. The molecule has 1 amide bonds. The van der Waals surface area contributed by atoms with Gasteiger partial charge in [-0.1, -0.05) is 58.0 Å². The molecule has 0 saturated heterocycles. The van der Waals surface area contributed by atoms with Gasteiger partial charge in [-0.2, -0.15) is 5.10 Å². The van der Waals surface area contributed by atoms with Crippen LogP contribution in [0.3, 0.4) is 0 Å². The molecular formula is C25H22BrN5O3S. The molecule has 1 aromatic heterocycles. The SMILES string of the molecule is CCOc1cc(/C=N/NC(=O)CSc2nnc(-c3ccccc3)n2-c2ccc(Br)cc2)ccc1O. The van der Waals surface area contributed by atoms with Crippen LogP contribution in [0.2, 0.25) is 0 Å². The van der Waals surface area contributed by atoms with Gasteiger partial charge in [0, 0.05) is 15.7 Å². The second kappa shape index (κ2) is 11.7. The lowest BCUT2D eigenvalue weighted by Crippen LogP contribution is -2.20. The Kier molecular flexibility index (Phi) is 8.17. The highest BCUT2D eigenvalue weighted by atomic mass is 79.9. The highest BCUT2D eigenvalue weighted by Crippen LogP contribution is 2.29. The molecule has 178 valence electrons. The Morgan fingerprint density at radius 2 is 1.91 bits per heavy atom. The molecule has 0 saturated carbocycles. The van der Waals surface area contributed by atoms with Crippen molar-refractivity contribution < 1.29 is 14.6 Å². The number of benzene rings is 3. The zero-order valence-corrected chi connectivity index (χ0v) is 21.2. The van der Waals surface area contributed by atoms with Gasteiger partial charge < -0.3 is 9.84 Å². The maximum atomic E-state index is 12.4. The number of thioether (sulfide) groups is 1. The molecule has 0 fully saturated rings. The second-order valence-electron chi connectivity index (χ2n) is 7.23. The summed E-state index contributed by atoms with van der Waals surface area (Å²) < 4.78 is 8.25. The molecule has 0 unspecified atom stereocenters. The summed E-state index contributed by atoms with van der Waals surface area (Å²) in [6, 6.07) is 22.4. The van der Waals surface area contributed by atoms with Gasteiger partial charge in [0.2, 0.25) is 0 Å². The summed E-state index contributed by atoms with van der Waals surface area (Å²) in [6.07, 6.45) is 1.49. The molecule has 3 aromatic carbocycles. The number of ether oxygens (including phenoxy) is 1. The summed E-state index contributed by atoms with van der Waals surface area (Å²) in [5.41, 5.74) is 5.00. The molecule has 0 radical (unpaired) electrons. The third kappa shape index (κ3) is 6.28. The van der Waals surface area contributed by atoms with Crippen LogP contribution in [0.15, 0.2) is 87.5 Å². The Morgan fingerprint density at radius 3 is 2.66 bits per heavy atom. The number of hydrogen-bond donors (Lipinski definition) is 2. The summed E-state index contributed by atoms with van der Waals surface area (Å²) in [6.45, 7) is 2.26. The van der Waals surface area contributed by atoms with Crippen LogP contribution in [0, 0.1) is 0 Å². The number of carbonyl (C=O) groups is 1. The van der Waals surface area contributed by atoms with E-state index in [-0.39, 0.29) is 17.4 Å². The van der Waals surface area contributed by atoms with E-state index in [0.717, 1.165) is 15.7 Å². The minimum Gasteiger partial charge on any atom is -0.504 e. The van der Waals surface area contributed by atoms with E-state index in [9.17, 15) is 9.90 Å². The van der Waals surface area contributed by atoms with Crippen LogP contribution in [0.5, 0.6) is 11.5 Å². The first-order valence-electron chi connectivity index (χ1n) is 10.7. The molecule has 2 N–H and O–H groups in total. The Balaban J connectivity index is 1.46. The van der Waals surface area contributed by atoms with E-state index in [1.165, 1.54) is 24.0 Å². The number of nitrogens with zero attached hydrogens (tertiary/aromatic N) is 4. The lowest BCUT2D eigenvalue weighted by Gasteiger charge is -2.10. The number of carbonyl (C=O) groups excluding carboxylic acids is 1. The maximum absolute atomic E-state index is 12.4. The van der Waals surface area contributed by atoms with Gasteiger partial charge in [0.1, 0.15) is 0 Å². The molecule has 0 aliphatic rings. The van der Waals surface area contributed by atoms with Gasteiger partial charge in [-0.25, -0.2) is 5.43 Å².